The van der Waals surface area contributed by atoms with Crippen molar-refractivity contribution in [3.63, 3.8) is 0 Å². The van der Waals surface area contributed by atoms with E-state index in [1.54, 1.807) is 91.0 Å². The molecule has 15 heteroatoms. The van der Waals surface area contributed by atoms with Crippen LogP contribution in [0.15, 0.2) is 97.1 Å². The average molecular weight is 702 g/mol. The minimum atomic E-state index is -4.65. The van der Waals surface area contributed by atoms with Crippen LogP contribution in [0.4, 0.5) is 16.2 Å². The van der Waals surface area contributed by atoms with Gasteiger partial charge in [0.2, 0.25) is 25.4 Å². The Morgan fingerprint density at radius 1 is 0.640 bits per heavy atom. The van der Waals surface area contributed by atoms with E-state index in [9.17, 15) is 22.8 Å². The summed E-state index contributed by atoms with van der Waals surface area (Å²) in [6, 6.07) is 24.0. The molecular formula is C35H35N5O9S. The van der Waals surface area contributed by atoms with Gasteiger partial charge in [0.05, 0.1) is 0 Å². The number of rotatable bonds is 12. The van der Waals surface area contributed by atoms with Gasteiger partial charge in [-0.05, 0) is 41.8 Å². The molecule has 0 bridgehead atoms. The van der Waals surface area contributed by atoms with Crippen LogP contribution >= 0.6 is 0 Å². The number of benzene rings is 4. The van der Waals surface area contributed by atoms with Crippen LogP contribution in [0.1, 0.15) is 11.1 Å². The van der Waals surface area contributed by atoms with Gasteiger partial charge in [0, 0.05) is 44.0 Å². The van der Waals surface area contributed by atoms with E-state index in [4.69, 9.17) is 18.9 Å². The topological polar surface area (TPSA) is 165 Å². The van der Waals surface area contributed by atoms with E-state index in [1.165, 1.54) is 23.9 Å². The highest BCUT2D eigenvalue weighted by Gasteiger charge is 2.32. The first-order chi connectivity index (χ1) is 24.1. The van der Waals surface area contributed by atoms with Crippen molar-refractivity contribution in [3.05, 3.63) is 108 Å². The van der Waals surface area contributed by atoms with Gasteiger partial charge in [-0.25, -0.2) is 9.52 Å². The molecule has 4 aromatic rings. The first-order valence-electron chi connectivity index (χ1n) is 15.6. The lowest BCUT2D eigenvalue weighted by atomic mass is 10.0. The zero-order valence-electron chi connectivity index (χ0n) is 27.2. The van der Waals surface area contributed by atoms with E-state index in [2.05, 4.69) is 10.0 Å². The number of fused-ring (bicyclic) bond motifs is 2. The molecule has 4 aromatic carbocycles. The first-order valence-corrected chi connectivity index (χ1v) is 17.1. The van der Waals surface area contributed by atoms with Crippen LogP contribution in [-0.4, -0.2) is 66.0 Å². The lowest BCUT2D eigenvalue weighted by Gasteiger charge is -2.26. The molecule has 0 saturated carbocycles. The minimum Gasteiger partial charge on any atom is -0.454 e. The third-order valence-corrected chi connectivity index (χ3v) is 9.19. The van der Waals surface area contributed by atoms with Gasteiger partial charge in [-0.1, -0.05) is 60.7 Å². The number of ether oxygens (including phenoxy) is 4. The van der Waals surface area contributed by atoms with Crippen molar-refractivity contribution in [1.29, 1.82) is 0 Å². The maximum absolute atomic E-state index is 13.8. The number of carbonyl (C=O) groups is 3. The van der Waals surface area contributed by atoms with Gasteiger partial charge in [0.1, 0.15) is 12.1 Å². The summed E-state index contributed by atoms with van der Waals surface area (Å²) in [4.78, 5) is 43.5. The second kappa shape index (κ2) is 14.8. The van der Waals surface area contributed by atoms with Gasteiger partial charge in [0.15, 0.2) is 23.0 Å². The smallest absolute Gasteiger partial charge is 0.330 e. The van der Waals surface area contributed by atoms with Crippen molar-refractivity contribution in [2.45, 2.75) is 24.9 Å². The Kier molecular flexibility index (Phi) is 10.1. The summed E-state index contributed by atoms with van der Waals surface area (Å²) in [5.74, 6) is 0.865. The zero-order valence-corrected chi connectivity index (χ0v) is 28.0. The molecule has 0 aliphatic carbocycles. The average Bonchev–Trinajstić information content (AvgIpc) is 3.79. The molecule has 3 N–H and O–H groups in total. The van der Waals surface area contributed by atoms with Gasteiger partial charge in [-0.2, -0.15) is 13.1 Å². The number of urea groups is 1. The molecule has 0 radical (unpaired) electrons. The molecule has 6 rings (SSSR count). The molecule has 50 heavy (non-hydrogen) atoms. The fraction of sp³-hybridized carbons (Fsp3) is 0.229. The predicted octanol–water partition coefficient (Wildman–Crippen LogP) is 3.13. The van der Waals surface area contributed by atoms with Crippen molar-refractivity contribution in [1.82, 2.24) is 14.8 Å². The fourth-order valence-electron chi connectivity index (χ4n) is 5.52. The summed E-state index contributed by atoms with van der Waals surface area (Å²) >= 11 is 0. The number of nitrogens with zero attached hydrogens (tertiary/aromatic N) is 2. The summed E-state index contributed by atoms with van der Waals surface area (Å²) in [5.41, 5.74) is 2.32. The molecule has 14 nitrogen and oxygen atoms in total. The Labute approximate surface area is 289 Å². The first kappa shape index (κ1) is 34.1. The molecule has 0 spiro atoms. The number of hydrogen-bond donors (Lipinski definition) is 3. The third-order valence-electron chi connectivity index (χ3n) is 8.14. The Balaban J connectivity index is 1.18. The maximum Gasteiger partial charge on any atom is 0.330 e. The monoisotopic (exact) mass is 701 g/mol. The standard InChI is InChI=1S/C35H35N5O9S/c1-39(25-13-15-29-31(19-25)48-21-46-29)33(41)27(17-23-9-5-3-6-10-23)36-35(43)38-50(44,45)37-28(18-24-11-7-4-8-12-24)34(42)40(2)26-14-16-30-32(20-26)49-22-47-30/h3-16,19-20,27-28,37H,17-18,21-22H2,1-2H3,(H2,36,38,43)/t27-,28-/m0/s1. The number of hydrogen-bond acceptors (Lipinski definition) is 9. The summed E-state index contributed by atoms with van der Waals surface area (Å²) in [6.07, 6.45) is 0.0391. The Morgan fingerprint density at radius 2 is 1.08 bits per heavy atom. The molecule has 2 aliphatic rings. The van der Waals surface area contributed by atoms with E-state index in [1.807, 2.05) is 10.8 Å². The second-order valence-corrected chi connectivity index (χ2v) is 13.0. The fourth-order valence-corrected chi connectivity index (χ4v) is 6.44. The van der Waals surface area contributed by atoms with Crippen molar-refractivity contribution in [2.75, 3.05) is 37.5 Å². The number of anilines is 2. The predicted molar refractivity (Wildman–Crippen MR) is 184 cm³/mol. The van der Waals surface area contributed by atoms with E-state index in [-0.39, 0.29) is 26.4 Å². The SMILES string of the molecule is CN(C(=O)[C@H](Cc1ccccc1)NC(=O)NS(=O)(=O)N[C@@H](Cc1ccccc1)C(=O)N(C)c1ccc2c(c1)OCO2)c1ccc2c(c1)OCO2. The van der Waals surface area contributed by atoms with Gasteiger partial charge in [-0.15, -0.1) is 0 Å². The molecule has 2 aliphatic heterocycles. The maximum atomic E-state index is 13.8. The van der Waals surface area contributed by atoms with Crippen molar-refractivity contribution < 1.29 is 41.7 Å². The van der Waals surface area contributed by atoms with Crippen molar-refractivity contribution >= 4 is 39.4 Å². The molecule has 260 valence electrons. The largest absolute Gasteiger partial charge is 0.454 e. The van der Waals surface area contributed by atoms with Crippen LogP contribution in [0.5, 0.6) is 23.0 Å². The molecule has 0 aromatic heterocycles. The highest BCUT2D eigenvalue weighted by Crippen LogP contribution is 2.36. The molecule has 2 heterocycles. The lowest BCUT2D eigenvalue weighted by Crippen LogP contribution is -2.57. The van der Waals surface area contributed by atoms with Crippen LogP contribution in [0, 0.1) is 0 Å². The Bertz CT molecular complexity index is 1980. The number of carbonyl (C=O) groups excluding carboxylic acids is 3. The summed E-state index contributed by atoms with van der Waals surface area (Å²) in [6.45, 7) is 0.108. The molecule has 0 saturated heterocycles. The number of likely N-dealkylation sites (N-methyl/N-ethyl adjacent to an activating group) is 2. The van der Waals surface area contributed by atoms with E-state index in [0.717, 1.165) is 5.56 Å². The third kappa shape index (κ3) is 8.07. The second-order valence-electron chi connectivity index (χ2n) is 11.6. The molecule has 4 amide bonds. The molecule has 0 unspecified atom stereocenters. The van der Waals surface area contributed by atoms with Gasteiger partial charge >= 0.3 is 16.2 Å². The van der Waals surface area contributed by atoms with Gasteiger partial charge in [0.25, 0.3) is 0 Å². The van der Waals surface area contributed by atoms with E-state index >= 15 is 0 Å². The normalized spacial score (nSPS) is 14.0. The molecular weight excluding hydrogens is 666 g/mol. The highest BCUT2D eigenvalue weighted by molar-refractivity contribution is 7.88. The van der Waals surface area contributed by atoms with Crippen LogP contribution in [0.25, 0.3) is 0 Å². The Hall–Kier alpha value is -5.80. The van der Waals surface area contributed by atoms with Crippen LogP contribution in [-0.2, 0) is 32.6 Å². The van der Waals surface area contributed by atoms with Gasteiger partial charge < -0.3 is 34.1 Å². The minimum absolute atomic E-state index is 0.0213. The van der Waals surface area contributed by atoms with Crippen molar-refractivity contribution in [2.24, 2.45) is 0 Å². The van der Waals surface area contributed by atoms with Crippen LogP contribution in [0.2, 0.25) is 0 Å². The number of amides is 4. The number of nitrogens with one attached hydrogen (secondary N) is 3. The van der Waals surface area contributed by atoms with Crippen LogP contribution in [0.3, 0.4) is 0 Å². The van der Waals surface area contributed by atoms with E-state index < -0.39 is 40.1 Å². The van der Waals surface area contributed by atoms with Gasteiger partial charge in [-0.3, -0.25) is 9.59 Å². The van der Waals surface area contributed by atoms with Crippen molar-refractivity contribution in [3.8, 4) is 23.0 Å². The lowest BCUT2D eigenvalue weighted by molar-refractivity contribution is -0.120. The molecule has 2 atom stereocenters. The quantitative estimate of drug-likeness (QED) is 0.201. The van der Waals surface area contributed by atoms with Crippen LogP contribution < -0.4 is 43.5 Å². The summed E-state index contributed by atoms with van der Waals surface area (Å²) in [7, 11) is -1.62. The summed E-state index contributed by atoms with van der Waals surface area (Å²) < 4.78 is 52.7. The van der Waals surface area contributed by atoms with E-state index in [0.29, 0.717) is 39.9 Å². The zero-order chi connectivity index (χ0) is 35.3. The summed E-state index contributed by atoms with van der Waals surface area (Å²) in [5, 5.41) is 2.51. The highest BCUT2D eigenvalue weighted by atomic mass is 32.2. The Morgan fingerprint density at radius 3 is 1.58 bits per heavy atom. The molecule has 0 fully saturated rings.